The van der Waals surface area contributed by atoms with Crippen LogP contribution in [0.4, 0.5) is 4.79 Å². The van der Waals surface area contributed by atoms with Crippen LogP contribution in [0.25, 0.3) is 0 Å². The van der Waals surface area contributed by atoms with Crippen LogP contribution in [-0.4, -0.2) is 49.7 Å². The summed E-state index contributed by atoms with van der Waals surface area (Å²) in [7, 11) is 0. The number of amides is 2. The minimum Gasteiger partial charge on any atom is -0.450 e. The first-order chi connectivity index (χ1) is 7.65. The van der Waals surface area contributed by atoms with Crippen LogP contribution < -0.4 is 11.1 Å². The van der Waals surface area contributed by atoms with Gasteiger partial charge in [-0.2, -0.15) is 0 Å². The first kappa shape index (κ1) is 12.9. The number of carbonyl (C=O) groups is 2. The lowest BCUT2D eigenvalue weighted by Crippen LogP contribution is -2.39. The molecule has 1 aliphatic rings. The lowest BCUT2D eigenvalue weighted by atomic mass is 10.1. The summed E-state index contributed by atoms with van der Waals surface area (Å²) in [6.07, 6.45) is 0.338. The third-order valence-corrected chi connectivity index (χ3v) is 2.59. The van der Waals surface area contributed by atoms with Crippen molar-refractivity contribution in [2.45, 2.75) is 13.3 Å². The predicted molar refractivity (Wildman–Crippen MR) is 58.8 cm³/mol. The number of ether oxygens (including phenoxy) is 1. The fourth-order valence-electron chi connectivity index (χ4n) is 1.77. The maximum absolute atomic E-state index is 11.4. The Hall–Kier alpha value is -1.14. The number of alkyl carbamates (subject to hydrolysis) is 1. The summed E-state index contributed by atoms with van der Waals surface area (Å²) in [5, 5.41) is 2.17. The Morgan fingerprint density at radius 3 is 2.88 bits per heavy atom. The van der Waals surface area contributed by atoms with Gasteiger partial charge in [-0.3, -0.25) is 15.0 Å². The second kappa shape index (κ2) is 6.44. The predicted octanol–water partition coefficient (Wildman–Crippen LogP) is -0.460. The van der Waals surface area contributed by atoms with Crippen molar-refractivity contribution in [3.05, 3.63) is 0 Å². The van der Waals surface area contributed by atoms with Gasteiger partial charge in [0.2, 0.25) is 5.91 Å². The Bertz CT molecular complexity index is 258. The van der Waals surface area contributed by atoms with E-state index >= 15 is 0 Å². The molecule has 1 heterocycles. The molecule has 92 valence electrons. The second-order valence-corrected chi connectivity index (χ2v) is 3.89. The number of hydrogen-bond acceptors (Lipinski definition) is 5. The van der Waals surface area contributed by atoms with Crippen molar-refractivity contribution < 1.29 is 14.3 Å². The van der Waals surface area contributed by atoms with Gasteiger partial charge in [-0.25, -0.2) is 4.79 Å². The SMILES string of the molecule is CCOC(=O)NC(=O)CN1CCC(CN)C1. The van der Waals surface area contributed by atoms with Crippen molar-refractivity contribution in [3.8, 4) is 0 Å². The van der Waals surface area contributed by atoms with Gasteiger partial charge >= 0.3 is 6.09 Å². The Balaban J connectivity index is 2.22. The topological polar surface area (TPSA) is 84.7 Å². The van der Waals surface area contributed by atoms with Gasteiger partial charge in [-0.15, -0.1) is 0 Å². The molecule has 0 bridgehead atoms. The Labute approximate surface area is 95.1 Å². The zero-order valence-corrected chi connectivity index (χ0v) is 9.57. The van der Waals surface area contributed by atoms with Gasteiger partial charge in [0.15, 0.2) is 0 Å². The normalized spacial score (nSPS) is 20.8. The molecule has 1 saturated heterocycles. The van der Waals surface area contributed by atoms with Gasteiger partial charge in [0, 0.05) is 6.54 Å². The second-order valence-electron chi connectivity index (χ2n) is 3.89. The van der Waals surface area contributed by atoms with Gasteiger partial charge in [0.05, 0.1) is 13.2 Å². The molecule has 0 aromatic carbocycles. The minimum atomic E-state index is -0.679. The molecule has 1 aliphatic heterocycles. The molecule has 0 saturated carbocycles. The van der Waals surface area contributed by atoms with Crippen LogP contribution in [-0.2, 0) is 9.53 Å². The molecule has 1 fully saturated rings. The molecular weight excluding hydrogens is 210 g/mol. The zero-order chi connectivity index (χ0) is 12.0. The van der Waals surface area contributed by atoms with Crippen LogP contribution >= 0.6 is 0 Å². The average Bonchev–Trinajstić information content (AvgIpc) is 2.65. The van der Waals surface area contributed by atoms with E-state index in [1.54, 1.807) is 6.92 Å². The molecule has 2 amide bonds. The molecule has 6 heteroatoms. The van der Waals surface area contributed by atoms with E-state index in [4.69, 9.17) is 5.73 Å². The smallest absolute Gasteiger partial charge is 0.413 e. The van der Waals surface area contributed by atoms with Crippen LogP contribution in [0.1, 0.15) is 13.3 Å². The highest BCUT2D eigenvalue weighted by Gasteiger charge is 2.23. The summed E-state index contributed by atoms with van der Waals surface area (Å²) in [4.78, 5) is 24.3. The van der Waals surface area contributed by atoms with E-state index in [1.807, 2.05) is 4.90 Å². The maximum atomic E-state index is 11.4. The van der Waals surface area contributed by atoms with E-state index < -0.39 is 6.09 Å². The summed E-state index contributed by atoms with van der Waals surface area (Å²) in [6, 6.07) is 0. The summed E-state index contributed by atoms with van der Waals surface area (Å²) in [6.45, 7) is 4.52. The van der Waals surface area contributed by atoms with E-state index in [9.17, 15) is 9.59 Å². The number of hydrogen-bond donors (Lipinski definition) is 2. The third kappa shape index (κ3) is 4.16. The number of nitrogens with two attached hydrogens (primary N) is 1. The molecule has 6 nitrogen and oxygen atoms in total. The molecule has 0 spiro atoms. The number of rotatable bonds is 4. The van der Waals surface area contributed by atoms with Crippen LogP contribution in [0.3, 0.4) is 0 Å². The lowest BCUT2D eigenvalue weighted by Gasteiger charge is -2.14. The summed E-state index contributed by atoms with van der Waals surface area (Å²) in [5.74, 6) is 0.145. The Kier molecular flexibility index (Phi) is 5.21. The first-order valence-electron chi connectivity index (χ1n) is 5.54. The highest BCUT2D eigenvalue weighted by atomic mass is 16.5. The largest absolute Gasteiger partial charge is 0.450 e. The molecule has 1 unspecified atom stereocenters. The molecule has 1 atom stereocenters. The molecule has 0 aliphatic carbocycles. The Morgan fingerprint density at radius 1 is 1.56 bits per heavy atom. The van der Waals surface area contributed by atoms with Gasteiger partial charge in [-0.1, -0.05) is 0 Å². The monoisotopic (exact) mass is 229 g/mol. The van der Waals surface area contributed by atoms with Gasteiger partial charge < -0.3 is 10.5 Å². The number of imide groups is 1. The van der Waals surface area contributed by atoms with Crippen molar-refractivity contribution in [3.63, 3.8) is 0 Å². The van der Waals surface area contributed by atoms with Crippen molar-refractivity contribution in [1.82, 2.24) is 10.2 Å². The molecule has 1 rings (SSSR count). The highest BCUT2D eigenvalue weighted by molar-refractivity contribution is 5.92. The maximum Gasteiger partial charge on any atom is 0.413 e. The van der Waals surface area contributed by atoms with E-state index in [0.717, 1.165) is 19.5 Å². The fourth-order valence-corrected chi connectivity index (χ4v) is 1.77. The summed E-state index contributed by atoms with van der Waals surface area (Å²) < 4.78 is 4.61. The zero-order valence-electron chi connectivity index (χ0n) is 9.57. The summed E-state index contributed by atoms with van der Waals surface area (Å²) in [5.41, 5.74) is 5.55. The molecule has 0 aromatic heterocycles. The number of nitrogens with one attached hydrogen (secondary N) is 1. The quantitative estimate of drug-likeness (QED) is 0.681. The average molecular weight is 229 g/mol. The van der Waals surface area contributed by atoms with E-state index in [1.165, 1.54) is 0 Å². The van der Waals surface area contributed by atoms with E-state index in [2.05, 4.69) is 10.1 Å². The first-order valence-corrected chi connectivity index (χ1v) is 5.54. The molecule has 16 heavy (non-hydrogen) atoms. The van der Waals surface area contributed by atoms with Crippen molar-refractivity contribution in [1.29, 1.82) is 0 Å². The standard InChI is InChI=1S/C10H19N3O3/c1-2-16-10(15)12-9(14)7-13-4-3-8(5-11)6-13/h8H,2-7,11H2,1H3,(H,12,14,15). The fraction of sp³-hybridized carbons (Fsp3) is 0.800. The molecule has 3 N–H and O–H groups in total. The van der Waals surface area contributed by atoms with Gasteiger partial charge in [0.1, 0.15) is 0 Å². The van der Waals surface area contributed by atoms with Gasteiger partial charge in [-0.05, 0) is 32.4 Å². The minimum absolute atomic E-state index is 0.231. The van der Waals surface area contributed by atoms with Gasteiger partial charge in [0.25, 0.3) is 0 Å². The van der Waals surface area contributed by atoms with E-state index in [0.29, 0.717) is 12.5 Å². The van der Waals surface area contributed by atoms with Crippen molar-refractivity contribution >= 4 is 12.0 Å². The van der Waals surface area contributed by atoms with Crippen LogP contribution in [0, 0.1) is 5.92 Å². The van der Waals surface area contributed by atoms with Crippen molar-refractivity contribution in [2.75, 3.05) is 32.8 Å². The highest BCUT2D eigenvalue weighted by Crippen LogP contribution is 2.13. The van der Waals surface area contributed by atoms with E-state index in [-0.39, 0.29) is 19.1 Å². The Morgan fingerprint density at radius 2 is 2.31 bits per heavy atom. The summed E-state index contributed by atoms with van der Waals surface area (Å²) >= 11 is 0. The number of carbonyl (C=O) groups excluding carboxylic acids is 2. The van der Waals surface area contributed by atoms with Crippen LogP contribution in [0.15, 0.2) is 0 Å². The van der Waals surface area contributed by atoms with Crippen LogP contribution in [0.5, 0.6) is 0 Å². The lowest BCUT2D eigenvalue weighted by molar-refractivity contribution is -0.121. The van der Waals surface area contributed by atoms with Crippen molar-refractivity contribution in [2.24, 2.45) is 11.7 Å². The number of nitrogens with zero attached hydrogens (tertiary/aromatic N) is 1. The number of likely N-dealkylation sites (tertiary alicyclic amines) is 1. The molecular formula is C10H19N3O3. The third-order valence-electron chi connectivity index (χ3n) is 2.59. The molecule has 0 radical (unpaired) electrons. The van der Waals surface area contributed by atoms with Crippen LogP contribution in [0.2, 0.25) is 0 Å². The molecule has 0 aromatic rings.